The van der Waals surface area contributed by atoms with E-state index in [1.54, 1.807) is 4.68 Å². The first-order chi connectivity index (χ1) is 12.7. The van der Waals surface area contributed by atoms with Crippen LogP contribution < -0.4 is 0 Å². The molecule has 2 aromatic carbocycles. The zero-order valence-corrected chi connectivity index (χ0v) is 15.7. The minimum absolute atomic E-state index is 0.0458. The summed E-state index contributed by atoms with van der Waals surface area (Å²) in [5, 5.41) is 8.17. The van der Waals surface area contributed by atoms with Gasteiger partial charge >= 0.3 is 5.97 Å². The molecule has 132 valence electrons. The van der Waals surface area contributed by atoms with E-state index in [0.717, 1.165) is 16.5 Å². The van der Waals surface area contributed by atoms with Gasteiger partial charge in [-0.2, -0.15) is 0 Å². The molecule has 26 heavy (non-hydrogen) atoms. The highest BCUT2D eigenvalue weighted by molar-refractivity contribution is 9.10. The monoisotopic (exact) mass is 411 g/mol. The number of carbonyl (C=O) groups is 1. The Labute approximate surface area is 160 Å². The van der Waals surface area contributed by atoms with Crippen LogP contribution in [-0.4, -0.2) is 21.0 Å². The standard InChI is InChI=1S/C20H18BrN3O2/c21-16-8-6-15(7-9-16)18-10-19(18)20(25)26-13-17-12-24(23-22-17)11-14-4-2-1-3-5-14/h1-9,12,18-19H,10-11,13H2/t18-,19+/m0/s1. The lowest BCUT2D eigenvalue weighted by molar-refractivity contribution is -0.146. The predicted molar refractivity (Wildman–Crippen MR) is 100 cm³/mol. The van der Waals surface area contributed by atoms with Crippen LogP contribution in [0.2, 0.25) is 0 Å². The first kappa shape index (κ1) is 17.0. The minimum Gasteiger partial charge on any atom is -0.459 e. The highest BCUT2D eigenvalue weighted by Crippen LogP contribution is 2.48. The first-order valence-corrected chi connectivity index (χ1v) is 9.33. The fraction of sp³-hybridized carbons (Fsp3) is 0.250. The molecule has 0 amide bonds. The topological polar surface area (TPSA) is 57.0 Å². The number of esters is 1. The van der Waals surface area contributed by atoms with E-state index >= 15 is 0 Å². The lowest BCUT2D eigenvalue weighted by Gasteiger charge is -2.03. The normalized spacial score (nSPS) is 18.5. The van der Waals surface area contributed by atoms with E-state index in [1.807, 2.05) is 48.7 Å². The number of carbonyl (C=O) groups excluding carboxylic acids is 1. The summed E-state index contributed by atoms with van der Waals surface area (Å²) < 4.78 is 8.22. The van der Waals surface area contributed by atoms with Gasteiger partial charge in [0.15, 0.2) is 0 Å². The second-order valence-electron chi connectivity index (χ2n) is 6.50. The Morgan fingerprint density at radius 1 is 1.15 bits per heavy atom. The number of hydrogen-bond acceptors (Lipinski definition) is 4. The molecule has 1 fully saturated rings. The van der Waals surface area contributed by atoms with Crippen molar-refractivity contribution in [2.45, 2.75) is 25.5 Å². The molecular weight excluding hydrogens is 394 g/mol. The third-order valence-electron chi connectivity index (χ3n) is 4.53. The lowest BCUT2D eigenvalue weighted by Crippen LogP contribution is -2.08. The Hall–Kier alpha value is -2.47. The zero-order chi connectivity index (χ0) is 17.9. The number of rotatable bonds is 6. The average molecular weight is 412 g/mol. The van der Waals surface area contributed by atoms with Crippen LogP contribution in [0.25, 0.3) is 0 Å². The molecule has 3 aromatic rings. The van der Waals surface area contributed by atoms with Crippen molar-refractivity contribution in [3.8, 4) is 0 Å². The van der Waals surface area contributed by atoms with Gasteiger partial charge in [-0.3, -0.25) is 4.79 Å². The molecule has 4 rings (SSSR count). The molecule has 0 N–H and O–H groups in total. The van der Waals surface area contributed by atoms with Crippen LogP contribution in [0.3, 0.4) is 0 Å². The van der Waals surface area contributed by atoms with Crippen molar-refractivity contribution < 1.29 is 9.53 Å². The number of nitrogens with zero attached hydrogens (tertiary/aromatic N) is 3. The minimum atomic E-state index is -0.157. The van der Waals surface area contributed by atoms with Gasteiger partial charge in [0.2, 0.25) is 0 Å². The molecule has 6 heteroatoms. The van der Waals surface area contributed by atoms with Gasteiger partial charge in [-0.25, -0.2) is 4.68 Å². The van der Waals surface area contributed by atoms with Crippen LogP contribution in [0, 0.1) is 5.92 Å². The predicted octanol–water partition coefficient (Wildman–Crippen LogP) is 3.94. The van der Waals surface area contributed by atoms with Crippen molar-refractivity contribution >= 4 is 21.9 Å². The maximum Gasteiger partial charge on any atom is 0.309 e. The zero-order valence-electron chi connectivity index (χ0n) is 14.1. The van der Waals surface area contributed by atoms with E-state index in [4.69, 9.17) is 4.74 Å². The SMILES string of the molecule is O=C(OCc1cn(Cc2ccccc2)nn1)[C@@H]1C[C@H]1c1ccc(Br)cc1. The summed E-state index contributed by atoms with van der Waals surface area (Å²) in [5.74, 6) is 0.0652. The highest BCUT2D eigenvalue weighted by Gasteiger charge is 2.45. The Morgan fingerprint density at radius 2 is 1.92 bits per heavy atom. The van der Waals surface area contributed by atoms with Crippen molar-refractivity contribution in [2.75, 3.05) is 0 Å². The summed E-state index contributed by atoms with van der Waals surface area (Å²) in [4.78, 5) is 12.2. The second kappa shape index (κ2) is 7.41. The summed E-state index contributed by atoms with van der Waals surface area (Å²) >= 11 is 3.43. The second-order valence-corrected chi connectivity index (χ2v) is 7.42. The van der Waals surface area contributed by atoms with E-state index in [-0.39, 0.29) is 24.4 Å². The van der Waals surface area contributed by atoms with Crippen LogP contribution in [-0.2, 0) is 22.7 Å². The molecule has 0 spiro atoms. The molecule has 1 aliphatic rings. The summed E-state index contributed by atoms with van der Waals surface area (Å²) in [5.41, 5.74) is 3.00. The third kappa shape index (κ3) is 4.02. The van der Waals surface area contributed by atoms with E-state index < -0.39 is 0 Å². The van der Waals surface area contributed by atoms with Crippen molar-refractivity contribution in [2.24, 2.45) is 5.92 Å². The fourth-order valence-corrected chi connectivity index (χ4v) is 3.30. The molecule has 1 saturated carbocycles. The number of halogens is 1. The van der Waals surface area contributed by atoms with E-state index in [2.05, 4.69) is 38.4 Å². The lowest BCUT2D eigenvalue weighted by atomic mass is 10.1. The maximum absolute atomic E-state index is 12.2. The quantitative estimate of drug-likeness (QED) is 0.576. The fourth-order valence-electron chi connectivity index (χ4n) is 3.04. The van der Waals surface area contributed by atoms with Gasteiger partial charge in [0, 0.05) is 4.47 Å². The van der Waals surface area contributed by atoms with Crippen LogP contribution in [0.15, 0.2) is 65.3 Å². The Balaban J connectivity index is 1.28. The van der Waals surface area contributed by atoms with Crippen molar-refractivity contribution in [1.29, 1.82) is 0 Å². The van der Waals surface area contributed by atoms with Gasteiger partial charge in [0.25, 0.3) is 0 Å². The van der Waals surface area contributed by atoms with E-state index in [9.17, 15) is 4.79 Å². The van der Waals surface area contributed by atoms with Crippen LogP contribution in [0.5, 0.6) is 0 Å². The van der Waals surface area contributed by atoms with Crippen LogP contribution >= 0.6 is 15.9 Å². The molecule has 1 heterocycles. The van der Waals surface area contributed by atoms with Crippen LogP contribution in [0.4, 0.5) is 0 Å². The van der Waals surface area contributed by atoms with Crippen molar-refractivity contribution in [3.05, 3.63) is 82.1 Å². The van der Waals surface area contributed by atoms with Gasteiger partial charge in [0.1, 0.15) is 12.3 Å². The molecule has 2 atom stereocenters. The summed E-state index contributed by atoms with van der Waals surface area (Å²) in [6, 6.07) is 18.2. The van der Waals surface area contributed by atoms with Gasteiger partial charge in [-0.1, -0.05) is 63.6 Å². The number of ether oxygens (including phenoxy) is 1. The van der Waals surface area contributed by atoms with Gasteiger partial charge in [-0.15, -0.1) is 5.10 Å². The molecular formula is C20H18BrN3O2. The van der Waals surface area contributed by atoms with E-state index in [1.165, 1.54) is 5.56 Å². The summed E-state index contributed by atoms with van der Waals surface area (Å²) in [6.45, 7) is 0.813. The molecule has 0 unspecified atom stereocenters. The Morgan fingerprint density at radius 3 is 2.69 bits per heavy atom. The van der Waals surface area contributed by atoms with Crippen molar-refractivity contribution in [3.63, 3.8) is 0 Å². The maximum atomic E-state index is 12.2. The molecule has 5 nitrogen and oxygen atoms in total. The highest BCUT2D eigenvalue weighted by atomic mass is 79.9. The molecule has 0 saturated heterocycles. The summed E-state index contributed by atoms with van der Waals surface area (Å²) in [6.07, 6.45) is 2.67. The smallest absolute Gasteiger partial charge is 0.309 e. The molecule has 0 bridgehead atoms. The third-order valence-corrected chi connectivity index (χ3v) is 5.06. The van der Waals surface area contributed by atoms with E-state index in [0.29, 0.717) is 12.2 Å². The number of benzene rings is 2. The Kier molecular flexibility index (Phi) is 4.84. The molecule has 1 aromatic heterocycles. The molecule has 0 radical (unpaired) electrons. The van der Waals surface area contributed by atoms with Crippen LogP contribution in [0.1, 0.15) is 29.2 Å². The van der Waals surface area contributed by atoms with Gasteiger partial charge < -0.3 is 4.74 Å². The average Bonchev–Trinajstić information content (AvgIpc) is 3.34. The number of aromatic nitrogens is 3. The Bertz CT molecular complexity index is 893. The largest absolute Gasteiger partial charge is 0.459 e. The summed E-state index contributed by atoms with van der Waals surface area (Å²) in [7, 11) is 0. The van der Waals surface area contributed by atoms with Gasteiger partial charge in [-0.05, 0) is 35.6 Å². The van der Waals surface area contributed by atoms with Crippen molar-refractivity contribution in [1.82, 2.24) is 15.0 Å². The van der Waals surface area contributed by atoms with Gasteiger partial charge in [0.05, 0.1) is 18.7 Å². The first-order valence-electron chi connectivity index (χ1n) is 8.54. The molecule has 1 aliphatic carbocycles. The number of hydrogen-bond donors (Lipinski definition) is 0. The molecule has 0 aliphatic heterocycles.